The van der Waals surface area contributed by atoms with E-state index in [0.29, 0.717) is 30.4 Å². The van der Waals surface area contributed by atoms with Gasteiger partial charge in [-0.1, -0.05) is 48.5 Å². The first-order chi connectivity index (χ1) is 13.8. The molecule has 1 aliphatic heterocycles. The van der Waals surface area contributed by atoms with Crippen molar-refractivity contribution in [3.8, 4) is 28.4 Å². The van der Waals surface area contributed by atoms with E-state index in [1.807, 2.05) is 60.7 Å². The van der Waals surface area contributed by atoms with Crippen LogP contribution in [0.25, 0.3) is 11.1 Å². The van der Waals surface area contributed by atoms with Crippen molar-refractivity contribution in [3.05, 3.63) is 72.8 Å². The van der Waals surface area contributed by atoms with Crippen LogP contribution in [0.15, 0.2) is 72.8 Å². The smallest absolute Gasteiger partial charge is 0.319 e. The molecule has 28 heavy (non-hydrogen) atoms. The van der Waals surface area contributed by atoms with E-state index in [-0.39, 0.29) is 12.8 Å². The minimum Gasteiger partial charge on any atom is -0.492 e. The fourth-order valence-corrected chi connectivity index (χ4v) is 2.93. The normalized spacial score (nSPS) is 11.7. The van der Waals surface area contributed by atoms with Gasteiger partial charge in [0.05, 0.1) is 12.2 Å². The zero-order valence-electron chi connectivity index (χ0n) is 15.2. The number of hydrogen-bond donors (Lipinski definition) is 2. The lowest BCUT2D eigenvalue weighted by Crippen LogP contribution is -2.32. The minimum absolute atomic E-state index is 0.227. The van der Waals surface area contributed by atoms with Crippen molar-refractivity contribution in [1.29, 1.82) is 0 Å². The molecule has 6 nitrogen and oxygen atoms in total. The Bertz CT molecular complexity index is 960. The average Bonchev–Trinajstić information content (AvgIpc) is 3.20. The van der Waals surface area contributed by atoms with Crippen molar-refractivity contribution < 1.29 is 19.0 Å². The van der Waals surface area contributed by atoms with Gasteiger partial charge < -0.3 is 24.8 Å². The second-order valence-electron chi connectivity index (χ2n) is 6.16. The molecule has 3 aromatic rings. The molecular formula is C22H20N2O4. The first-order valence-electron chi connectivity index (χ1n) is 9.01. The standard InChI is InChI=1S/C22H20N2O4/c25-22(23-12-13-26-17-10-11-20-21(14-17)28-15-27-20)24-19-9-5-4-8-18(19)16-6-2-1-3-7-16/h1-11,14H,12-13,15H2,(H2,23,24,25). The Labute approximate surface area is 163 Å². The highest BCUT2D eigenvalue weighted by molar-refractivity contribution is 5.94. The van der Waals surface area contributed by atoms with Crippen molar-refractivity contribution in [2.45, 2.75) is 0 Å². The van der Waals surface area contributed by atoms with E-state index in [0.717, 1.165) is 16.8 Å². The SMILES string of the molecule is O=C(NCCOc1ccc2c(c1)OCO2)Nc1ccccc1-c1ccccc1. The molecule has 0 unspecified atom stereocenters. The molecule has 2 N–H and O–H groups in total. The van der Waals surface area contributed by atoms with Gasteiger partial charge in [0.1, 0.15) is 12.4 Å². The molecule has 0 radical (unpaired) electrons. The van der Waals surface area contributed by atoms with Crippen molar-refractivity contribution in [1.82, 2.24) is 5.32 Å². The Kier molecular flexibility index (Phi) is 5.29. The molecule has 142 valence electrons. The van der Waals surface area contributed by atoms with Gasteiger partial charge in [0.2, 0.25) is 6.79 Å². The molecular weight excluding hydrogens is 356 g/mol. The lowest BCUT2D eigenvalue weighted by Gasteiger charge is -2.12. The first kappa shape index (κ1) is 17.7. The van der Waals surface area contributed by atoms with Crippen LogP contribution < -0.4 is 24.8 Å². The van der Waals surface area contributed by atoms with Crippen LogP contribution in [0, 0.1) is 0 Å². The number of anilines is 1. The molecule has 2 amide bonds. The number of nitrogens with one attached hydrogen (secondary N) is 2. The number of fused-ring (bicyclic) bond motifs is 1. The van der Waals surface area contributed by atoms with Gasteiger partial charge >= 0.3 is 6.03 Å². The molecule has 1 heterocycles. The van der Waals surface area contributed by atoms with E-state index >= 15 is 0 Å². The third-order valence-corrected chi connectivity index (χ3v) is 4.26. The highest BCUT2D eigenvalue weighted by atomic mass is 16.7. The van der Waals surface area contributed by atoms with Gasteiger partial charge in [-0.15, -0.1) is 0 Å². The number of benzene rings is 3. The molecule has 0 atom stereocenters. The van der Waals surface area contributed by atoms with E-state index in [1.165, 1.54) is 0 Å². The van der Waals surface area contributed by atoms with Crippen LogP contribution in [0.4, 0.5) is 10.5 Å². The lowest BCUT2D eigenvalue weighted by atomic mass is 10.0. The summed E-state index contributed by atoms with van der Waals surface area (Å²) in [5, 5.41) is 5.70. The van der Waals surface area contributed by atoms with Crippen molar-refractivity contribution >= 4 is 11.7 Å². The molecule has 0 saturated heterocycles. The fraction of sp³-hybridized carbons (Fsp3) is 0.136. The number of carbonyl (C=O) groups is 1. The molecule has 4 rings (SSSR count). The predicted octanol–water partition coefficient (Wildman–Crippen LogP) is 4.28. The predicted molar refractivity (Wildman–Crippen MR) is 107 cm³/mol. The van der Waals surface area contributed by atoms with E-state index in [9.17, 15) is 4.79 Å². The Morgan fingerprint density at radius 2 is 1.71 bits per heavy atom. The van der Waals surface area contributed by atoms with Gasteiger partial charge in [-0.25, -0.2) is 4.79 Å². The summed E-state index contributed by atoms with van der Waals surface area (Å²) in [7, 11) is 0. The van der Waals surface area contributed by atoms with Gasteiger partial charge in [0.15, 0.2) is 11.5 Å². The van der Waals surface area contributed by atoms with Crippen molar-refractivity contribution in [2.75, 3.05) is 25.3 Å². The summed E-state index contributed by atoms with van der Waals surface area (Å²) in [5.41, 5.74) is 2.77. The summed E-state index contributed by atoms with van der Waals surface area (Å²) in [4.78, 5) is 12.2. The third-order valence-electron chi connectivity index (χ3n) is 4.26. The zero-order chi connectivity index (χ0) is 19.2. The molecule has 0 fully saturated rings. The summed E-state index contributed by atoms with van der Waals surface area (Å²) < 4.78 is 16.2. The Balaban J connectivity index is 1.28. The number of rotatable bonds is 6. The monoisotopic (exact) mass is 376 g/mol. The number of carbonyl (C=O) groups excluding carboxylic acids is 1. The van der Waals surface area contributed by atoms with Gasteiger partial charge in [0.25, 0.3) is 0 Å². The molecule has 0 saturated carbocycles. The molecule has 0 spiro atoms. The summed E-state index contributed by atoms with van der Waals surface area (Å²) in [5.74, 6) is 2.04. The number of para-hydroxylation sites is 1. The zero-order valence-corrected chi connectivity index (χ0v) is 15.2. The molecule has 0 aromatic heterocycles. The summed E-state index contributed by atoms with van der Waals surface area (Å²) in [6.45, 7) is 0.937. The number of amides is 2. The molecule has 3 aromatic carbocycles. The maximum absolute atomic E-state index is 12.2. The van der Waals surface area contributed by atoms with E-state index in [1.54, 1.807) is 12.1 Å². The third kappa shape index (κ3) is 4.17. The van der Waals surface area contributed by atoms with Gasteiger partial charge in [-0.3, -0.25) is 0 Å². The van der Waals surface area contributed by atoms with Gasteiger partial charge in [-0.2, -0.15) is 0 Å². The number of urea groups is 1. The summed E-state index contributed by atoms with van der Waals surface area (Å²) in [6, 6.07) is 22.7. The molecule has 1 aliphatic rings. The van der Waals surface area contributed by atoms with Crippen molar-refractivity contribution in [2.24, 2.45) is 0 Å². The largest absolute Gasteiger partial charge is 0.492 e. The molecule has 0 aliphatic carbocycles. The van der Waals surface area contributed by atoms with E-state index in [2.05, 4.69) is 10.6 Å². The van der Waals surface area contributed by atoms with Crippen molar-refractivity contribution in [3.63, 3.8) is 0 Å². The van der Waals surface area contributed by atoms with E-state index in [4.69, 9.17) is 14.2 Å². The topological polar surface area (TPSA) is 68.8 Å². The number of hydrogen-bond acceptors (Lipinski definition) is 4. The van der Waals surface area contributed by atoms with Crippen LogP contribution in [-0.2, 0) is 0 Å². The highest BCUT2D eigenvalue weighted by Crippen LogP contribution is 2.35. The van der Waals surface area contributed by atoms with Gasteiger partial charge in [-0.05, 0) is 23.8 Å². The summed E-state index contributed by atoms with van der Waals surface area (Å²) >= 11 is 0. The Hall–Kier alpha value is -3.67. The Morgan fingerprint density at radius 3 is 2.61 bits per heavy atom. The van der Waals surface area contributed by atoms with Gasteiger partial charge in [0, 0.05) is 11.6 Å². The second-order valence-corrected chi connectivity index (χ2v) is 6.16. The number of ether oxygens (including phenoxy) is 3. The van der Waals surface area contributed by atoms with Crippen LogP contribution in [0.1, 0.15) is 0 Å². The maximum Gasteiger partial charge on any atom is 0.319 e. The highest BCUT2D eigenvalue weighted by Gasteiger charge is 2.13. The van der Waals surface area contributed by atoms with E-state index < -0.39 is 0 Å². The minimum atomic E-state index is -0.280. The molecule has 0 bridgehead atoms. The average molecular weight is 376 g/mol. The van der Waals surface area contributed by atoms with Crippen LogP contribution >= 0.6 is 0 Å². The quantitative estimate of drug-likeness (QED) is 0.630. The Morgan fingerprint density at radius 1 is 0.929 bits per heavy atom. The van der Waals surface area contributed by atoms with Crippen LogP contribution in [0.3, 0.4) is 0 Å². The summed E-state index contributed by atoms with van der Waals surface area (Å²) in [6.07, 6.45) is 0. The first-order valence-corrected chi connectivity index (χ1v) is 9.01. The maximum atomic E-state index is 12.2. The van der Waals surface area contributed by atoms with Crippen LogP contribution in [0.5, 0.6) is 17.2 Å². The fourth-order valence-electron chi connectivity index (χ4n) is 2.93. The molecule has 6 heteroatoms. The van der Waals surface area contributed by atoms with Crippen LogP contribution in [-0.4, -0.2) is 26.0 Å². The second kappa shape index (κ2) is 8.35. The lowest BCUT2D eigenvalue weighted by molar-refractivity contribution is 0.173. The van der Waals surface area contributed by atoms with Crippen LogP contribution in [0.2, 0.25) is 0 Å².